The molecule has 110 valence electrons. The lowest BCUT2D eigenvalue weighted by Crippen LogP contribution is -2.19. The van der Waals surface area contributed by atoms with Crippen LogP contribution in [0.3, 0.4) is 0 Å². The van der Waals surface area contributed by atoms with E-state index in [1.807, 2.05) is 13.0 Å². The van der Waals surface area contributed by atoms with Gasteiger partial charge in [0.15, 0.2) is 0 Å². The molecule has 0 bridgehead atoms. The van der Waals surface area contributed by atoms with E-state index in [0.29, 0.717) is 11.7 Å². The van der Waals surface area contributed by atoms with Gasteiger partial charge in [0.25, 0.3) is 5.69 Å². The number of nitrogens with zero attached hydrogens (tertiary/aromatic N) is 1. The number of hydrogen-bond donors (Lipinski definition) is 1. The number of anilines is 1. The highest BCUT2D eigenvalue weighted by atomic mass is 16.6. The molecule has 1 aromatic rings. The van der Waals surface area contributed by atoms with Gasteiger partial charge in [-0.25, -0.2) is 0 Å². The molecule has 0 heterocycles. The fraction of sp³-hybridized carbons (Fsp3) is 0.625. The van der Waals surface area contributed by atoms with E-state index in [1.54, 1.807) is 12.1 Å². The van der Waals surface area contributed by atoms with Gasteiger partial charge in [-0.1, -0.05) is 32.3 Å². The Bertz CT molecular complexity index is 474. The highest BCUT2D eigenvalue weighted by Crippen LogP contribution is 2.31. The summed E-state index contributed by atoms with van der Waals surface area (Å²) in [6.07, 6.45) is 7.22. The number of rotatable bonds is 4. The Morgan fingerprint density at radius 1 is 1.30 bits per heavy atom. The molecular weight excluding hydrogens is 252 g/mol. The lowest BCUT2D eigenvalue weighted by atomic mass is 9.98. The molecule has 2 unspecified atom stereocenters. The molecule has 1 fully saturated rings. The summed E-state index contributed by atoms with van der Waals surface area (Å²) in [5, 5.41) is 14.5. The fourth-order valence-electron chi connectivity index (χ4n) is 3.08. The van der Waals surface area contributed by atoms with Gasteiger partial charge in [-0.2, -0.15) is 0 Å². The minimum Gasteiger partial charge on any atom is -0.377 e. The molecule has 2 atom stereocenters. The number of nitro benzene ring substituents is 1. The molecule has 0 aromatic heterocycles. The van der Waals surface area contributed by atoms with Crippen molar-refractivity contribution in [2.45, 2.75) is 58.4 Å². The summed E-state index contributed by atoms with van der Waals surface area (Å²) in [5.41, 5.74) is 1.92. The predicted molar refractivity (Wildman–Crippen MR) is 82.1 cm³/mol. The van der Waals surface area contributed by atoms with E-state index in [-0.39, 0.29) is 10.6 Å². The molecule has 0 spiro atoms. The summed E-state index contributed by atoms with van der Waals surface area (Å²) in [6, 6.07) is 5.65. The van der Waals surface area contributed by atoms with Gasteiger partial charge in [0, 0.05) is 12.1 Å². The molecule has 1 aliphatic carbocycles. The first-order valence-electron chi connectivity index (χ1n) is 7.61. The first-order valence-corrected chi connectivity index (χ1v) is 7.61. The Balaban J connectivity index is 2.09. The van der Waals surface area contributed by atoms with Crippen molar-refractivity contribution in [1.29, 1.82) is 0 Å². The monoisotopic (exact) mass is 276 g/mol. The molecule has 0 amide bonds. The Morgan fingerprint density at radius 2 is 2.10 bits per heavy atom. The van der Waals surface area contributed by atoms with E-state index in [2.05, 4.69) is 12.2 Å². The van der Waals surface area contributed by atoms with Crippen LogP contribution in [-0.4, -0.2) is 11.0 Å². The van der Waals surface area contributed by atoms with Crippen LogP contribution < -0.4 is 5.32 Å². The van der Waals surface area contributed by atoms with Gasteiger partial charge in [-0.15, -0.1) is 0 Å². The quantitative estimate of drug-likeness (QED) is 0.493. The zero-order valence-electron chi connectivity index (χ0n) is 12.4. The van der Waals surface area contributed by atoms with E-state index in [1.165, 1.54) is 25.7 Å². The Kier molecular flexibility index (Phi) is 4.99. The van der Waals surface area contributed by atoms with Crippen molar-refractivity contribution in [3.63, 3.8) is 0 Å². The number of benzene rings is 1. The van der Waals surface area contributed by atoms with Crippen molar-refractivity contribution in [2.75, 3.05) is 5.32 Å². The van der Waals surface area contributed by atoms with Crippen molar-refractivity contribution in [3.05, 3.63) is 33.9 Å². The minimum atomic E-state index is -0.298. The molecule has 1 aromatic carbocycles. The van der Waals surface area contributed by atoms with Crippen LogP contribution in [0.5, 0.6) is 0 Å². The molecule has 0 saturated heterocycles. The molecule has 4 heteroatoms. The molecule has 1 N–H and O–H groups in total. The van der Waals surface area contributed by atoms with Crippen molar-refractivity contribution in [3.8, 4) is 0 Å². The second kappa shape index (κ2) is 6.73. The minimum absolute atomic E-state index is 0.187. The number of aryl methyl sites for hydroxylation is 1. The first kappa shape index (κ1) is 14.8. The number of hydrogen-bond acceptors (Lipinski definition) is 3. The summed E-state index contributed by atoms with van der Waals surface area (Å²) in [7, 11) is 0. The normalized spacial score (nSPS) is 23.1. The lowest BCUT2D eigenvalue weighted by molar-refractivity contribution is -0.384. The Labute approximate surface area is 120 Å². The van der Waals surface area contributed by atoms with Crippen LogP contribution in [0, 0.1) is 23.0 Å². The Hall–Kier alpha value is -1.58. The third kappa shape index (κ3) is 3.71. The van der Waals surface area contributed by atoms with Crippen LogP contribution in [0.4, 0.5) is 11.4 Å². The van der Waals surface area contributed by atoms with Crippen LogP contribution in [0.25, 0.3) is 0 Å². The smallest absolute Gasteiger partial charge is 0.292 e. The second-order valence-corrected chi connectivity index (χ2v) is 5.90. The zero-order valence-corrected chi connectivity index (χ0v) is 12.4. The van der Waals surface area contributed by atoms with Crippen molar-refractivity contribution in [2.24, 2.45) is 5.92 Å². The lowest BCUT2D eigenvalue weighted by Gasteiger charge is -2.18. The van der Waals surface area contributed by atoms with Crippen LogP contribution in [-0.2, 0) is 0 Å². The van der Waals surface area contributed by atoms with Gasteiger partial charge >= 0.3 is 0 Å². The molecule has 1 aliphatic rings. The molecule has 2 rings (SSSR count). The zero-order chi connectivity index (χ0) is 14.5. The van der Waals surface area contributed by atoms with Gasteiger partial charge in [0.2, 0.25) is 0 Å². The highest BCUT2D eigenvalue weighted by Gasteiger charge is 2.21. The maximum absolute atomic E-state index is 11.1. The molecule has 0 radical (unpaired) electrons. The molecule has 0 aliphatic heterocycles. The summed E-state index contributed by atoms with van der Waals surface area (Å²) >= 11 is 0. The van der Waals surface area contributed by atoms with Crippen LogP contribution in [0.15, 0.2) is 18.2 Å². The highest BCUT2D eigenvalue weighted by molar-refractivity contribution is 5.63. The van der Waals surface area contributed by atoms with Crippen LogP contribution >= 0.6 is 0 Å². The Morgan fingerprint density at radius 3 is 2.80 bits per heavy atom. The number of nitrogens with one attached hydrogen (secondary N) is 1. The average molecular weight is 276 g/mol. The van der Waals surface area contributed by atoms with Crippen molar-refractivity contribution in [1.82, 2.24) is 0 Å². The topological polar surface area (TPSA) is 55.2 Å². The molecule has 4 nitrogen and oxygen atoms in total. The van der Waals surface area contributed by atoms with E-state index in [4.69, 9.17) is 0 Å². The summed E-state index contributed by atoms with van der Waals surface area (Å²) in [6.45, 7) is 4.22. The molecule has 20 heavy (non-hydrogen) atoms. The van der Waals surface area contributed by atoms with E-state index in [9.17, 15) is 10.1 Å². The first-order chi connectivity index (χ1) is 9.60. The SMILES string of the molecule is CCC1CCCC(Nc2cc(C)ccc2[N+](=O)[O-])CC1. The fourth-order valence-corrected chi connectivity index (χ4v) is 3.08. The summed E-state index contributed by atoms with van der Waals surface area (Å²) in [5.74, 6) is 0.828. The number of nitro groups is 1. The van der Waals surface area contributed by atoms with Crippen LogP contribution in [0.1, 0.15) is 51.0 Å². The molecular formula is C16H24N2O2. The average Bonchev–Trinajstić information content (AvgIpc) is 2.63. The van der Waals surface area contributed by atoms with Gasteiger partial charge < -0.3 is 5.32 Å². The van der Waals surface area contributed by atoms with Gasteiger partial charge in [0.1, 0.15) is 5.69 Å². The third-order valence-electron chi connectivity index (χ3n) is 4.37. The standard InChI is InChI=1S/C16H24N2O2/c1-3-13-5-4-6-14(9-8-13)17-15-11-12(2)7-10-16(15)18(19)20/h7,10-11,13-14,17H,3-6,8-9H2,1-2H3. The molecule has 1 saturated carbocycles. The van der Waals surface area contributed by atoms with E-state index >= 15 is 0 Å². The third-order valence-corrected chi connectivity index (χ3v) is 4.37. The maximum atomic E-state index is 11.1. The predicted octanol–water partition coefficient (Wildman–Crippen LogP) is 4.67. The maximum Gasteiger partial charge on any atom is 0.292 e. The van der Waals surface area contributed by atoms with E-state index < -0.39 is 0 Å². The van der Waals surface area contributed by atoms with Gasteiger partial charge in [-0.05, 0) is 43.7 Å². The summed E-state index contributed by atoms with van der Waals surface area (Å²) in [4.78, 5) is 10.8. The van der Waals surface area contributed by atoms with Crippen molar-refractivity contribution < 1.29 is 4.92 Å². The van der Waals surface area contributed by atoms with Crippen LogP contribution in [0.2, 0.25) is 0 Å². The summed E-state index contributed by atoms with van der Waals surface area (Å²) < 4.78 is 0. The largest absolute Gasteiger partial charge is 0.377 e. The second-order valence-electron chi connectivity index (χ2n) is 5.90. The van der Waals surface area contributed by atoms with Gasteiger partial charge in [0.05, 0.1) is 4.92 Å². The van der Waals surface area contributed by atoms with E-state index in [0.717, 1.165) is 24.3 Å². The van der Waals surface area contributed by atoms with Crippen molar-refractivity contribution >= 4 is 11.4 Å². The van der Waals surface area contributed by atoms with Gasteiger partial charge in [-0.3, -0.25) is 10.1 Å².